The molecule has 0 saturated carbocycles. The van der Waals surface area contributed by atoms with Crippen LogP contribution in [0.5, 0.6) is 0 Å². The van der Waals surface area contributed by atoms with Crippen molar-refractivity contribution in [3.63, 3.8) is 0 Å². The Morgan fingerprint density at radius 2 is 2.12 bits per heavy atom. The highest BCUT2D eigenvalue weighted by Crippen LogP contribution is 2.22. The van der Waals surface area contributed by atoms with Crippen LogP contribution in [0.4, 0.5) is 0 Å². The van der Waals surface area contributed by atoms with E-state index in [1.807, 2.05) is 13.8 Å². The van der Waals surface area contributed by atoms with Crippen molar-refractivity contribution >= 4 is 5.97 Å². The number of carboxylic acid groups (broad SMARTS) is 1. The van der Waals surface area contributed by atoms with E-state index < -0.39 is 12.0 Å². The maximum atomic E-state index is 11.2. The van der Waals surface area contributed by atoms with Crippen LogP contribution in [-0.2, 0) is 4.79 Å². The Labute approximate surface area is 104 Å². The highest BCUT2D eigenvalue weighted by molar-refractivity contribution is 5.73. The Kier molecular flexibility index (Phi) is 5.40. The molecular weight excluding hydrogens is 216 g/mol. The van der Waals surface area contributed by atoms with E-state index in [2.05, 4.69) is 24.1 Å². The summed E-state index contributed by atoms with van der Waals surface area (Å²) in [6.45, 7) is 10.1. The van der Waals surface area contributed by atoms with Crippen molar-refractivity contribution in [3.8, 4) is 0 Å². The lowest BCUT2D eigenvalue weighted by atomic mass is 9.93. The number of hydrogen-bond acceptors (Lipinski definition) is 3. The zero-order valence-electron chi connectivity index (χ0n) is 11.4. The van der Waals surface area contributed by atoms with Gasteiger partial charge in [-0.25, -0.2) is 0 Å². The van der Waals surface area contributed by atoms with Crippen molar-refractivity contribution < 1.29 is 9.90 Å². The molecule has 0 amide bonds. The van der Waals surface area contributed by atoms with Crippen LogP contribution >= 0.6 is 0 Å². The molecule has 2 N–H and O–H groups in total. The normalized spacial score (nSPS) is 28.3. The van der Waals surface area contributed by atoms with Gasteiger partial charge in [-0.3, -0.25) is 9.69 Å². The van der Waals surface area contributed by atoms with Crippen molar-refractivity contribution in [1.29, 1.82) is 0 Å². The third kappa shape index (κ3) is 4.64. The van der Waals surface area contributed by atoms with Gasteiger partial charge in [-0.1, -0.05) is 20.8 Å². The Hall–Kier alpha value is -0.610. The van der Waals surface area contributed by atoms with Crippen LogP contribution in [0, 0.1) is 5.92 Å². The summed E-state index contributed by atoms with van der Waals surface area (Å²) in [4.78, 5) is 13.5. The minimum Gasteiger partial charge on any atom is -0.480 e. The number of carbonyl (C=O) groups is 1. The Bertz CT molecular complexity index is 256. The molecule has 0 bridgehead atoms. The molecule has 3 atom stereocenters. The van der Waals surface area contributed by atoms with Gasteiger partial charge in [-0.15, -0.1) is 0 Å². The average molecular weight is 242 g/mol. The summed E-state index contributed by atoms with van der Waals surface area (Å²) in [7, 11) is 0. The first-order chi connectivity index (χ1) is 7.90. The standard InChI is InChI=1S/C13H26N2O2/c1-9(2)14-12(13(16)17)8-15-6-5-10(3)7-11(15)4/h9-12,14H,5-8H2,1-4H3,(H,16,17). The molecule has 1 saturated heterocycles. The molecule has 4 nitrogen and oxygen atoms in total. The predicted molar refractivity (Wildman–Crippen MR) is 69.1 cm³/mol. The minimum atomic E-state index is -0.746. The Morgan fingerprint density at radius 1 is 1.47 bits per heavy atom. The molecule has 1 heterocycles. The zero-order valence-corrected chi connectivity index (χ0v) is 11.4. The second-order valence-electron chi connectivity index (χ2n) is 5.69. The van der Waals surface area contributed by atoms with E-state index in [0.717, 1.165) is 12.5 Å². The summed E-state index contributed by atoms with van der Waals surface area (Å²) < 4.78 is 0. The lowest BCUT2D eigenvalue weighted by Gasteiger charge is -2.38. The monoisotopic (exact) mass is 242 g/mol. The highest BCUT2D eigenvalue weighted by atomic mass is 16.4. The van der Waals surface area contributed by atoms with Crippen LogP contribution in [0.15, 0.2) is 0 Å². The number of carboxylic acids is 1. The predicted octanol–water partition coefficient (Wildman–Crippen LogP) is 1.56. The van der Waals surface area contributed by atoms with Gasteiger partial charge in [0, 0.05) is 18.6 Å². The summed E-state index contributed by atoms with van der Waals surface area (Å²) in [5.41, 5.74) is 0. The molecule has 1 rings (SSSR count). The number of nitrogens with one attached hydrogen (secondary N) is 1. The van der Waals surface area contributed by atoms with Crippen molar-refractivity contribution in [2.75, 3.05) is 13.1 Å². The molecule has 1 fully saturated rings. The molecule has 0 aromatic rings. The highest BCUT2D eigenvalue weighted by Gasteiger charge is 2.28. The van der Waals surface area contributed by atoms with Gasteiger partial charge < -0.3 is 10.4 Å². The largest absolute Gasteiger partial charge is 0.480 e. The van der Waals surface area contributed by atoms with Crippen LogP contribution in [0.25, 0.3) is 0 Å². The first kappa shape index (κ1) is 14.5. The van der Waals surface area contributed by atoms with Crippen molar-refractivity contribution in [3.05, 3.63) is 0 Å². The van der Waals surface area contributed by atoms with Gasteiger partial charge >= 0.3 is 5.97 Å². The topological polar surface area (TPSA) is 52.6 Å². The number of nitrogens with zero attached hydrogens (tertiary/aromatic N) is 1. The van der Waals surface area contributed by atoms with E-state index in [-0.39, 0.29) is 6.04 Å². The molecule has 0 radical (unpaired) electrons. The second-order valence-corrected chi connectivity index (χ2v) is 5.69. The number of aliphatic carboxylic acids is 1. The average Bonchev–Trinajstić information content (AvgIpc) is 2.19. The molecule has 1 aliphatic heterocycles. The molecule has 0 aromatic carbocycles. The first-order valence-electron chi connectivity index (χ1n) is 6.63. The summed E-state index contributed by atoms with van der Waals surface area (Å²) in [5, 5.41) is 12.3. The number of likely N-dealkylation sites (tertiary alicyclic amines) is 1. The fourth-order valence-corrected chi connectivity index (χ4v) is 2.57. The van der Waals surface area contributed by atoms with Crippen molar-refractivity contribution in [2.24, 2.45) is 5.92 Å². The third-order valence-electron chi connectivity index (χ3n) is 3.53. The van der Waals surface area contributed by atoms with Gasteiger partial charge in [-0.05, 0) is 32.2 Å². The maximum Gasteiger partial charge on any atom is 0.322 e. The van der Waals surface area contributed by atoms with E-state index >= 15 is 0 Å². The van der Waals surface area contributed by atoms with Crippen molar-refractivity contribution in [2.45, 2.75) is 58.7 Å². The van der Waals surface area contributed by atoms with E-state index in [9.17, 15) is 9.90 Å². The summed E-state index contributed by atoms with van der Waals surface area (Å²) in [6.07, 6.45) is 2.35. The van der Waals surface area contributed by atoms with E-state index in [4.69, 9.17) is 0 Å². The molecule has 1 aliphatic rings. The van der Waals surface area contributed by atoms with Crippen LogP contribution in [0.2, 0.25) is 0 Å². The lowest BCUT2D eigenvalue weighted by molar-refractivity contribution is -0.140. The van der Waals surface area contributed by atoms with Gasteiger partial charge in [-0.2, -0.15) is 0 Å². The minimum absolute atomic E-state index is 0.204. The smallest absolute Gasteiger partial charge is 0.322 e. The Balaban J connectivity index is 2.51. The summed E-state index contributed by atoms with van der Waals surface area (Å²) in [6, 6.07) is 0.246. The van der Waals surface area contributed by atoms with Crippen LogP contribution in [0.1, 0.15) is 40.5 Å². The van der Waals surface area contributed by atoms with Crippen LogP contribution in [-0.4, -0.2) is 47.2 Å². The molecule has 0 aromatic heterocycles. The van der Waals surface area contributed by atoms with Crippen molar-refractivity contribution in [1.82, 2.24) is 10.2 Å². The molecule has 4 heteroatoms. The SMILES string of the molecule is CC1CCN(CC(NC(C)C)C(=O)O)C(C)C1. The lowest BCUT2D eigenvalue weighted by Crippen LogP contribution is -2.52. The summed E-state index contributed by atoms with van der Waals surface area (Å²) in [5.74, 6) is 0.0205. The maximum absolute atomic E-state index is 11.2. The number of piperidine rings is 1. The number of rotatable bonds is 5. The van der Waals surface area contributed by atoms with Gasteiger partial charge in [0.25, 0.3) is 0 Å². The van der Waals surface area contributed by atoms with E-state index in [1.54, 1.807) is 0 Å². The quantitative estimate of drug-likeness (QED) is 0.768. The third-order valence-corrected chi connectivity index (χ3v) is 3.53. The molecular formula is C13H26N2O2. The first-order valence-corrected chi connectivity index (χ1v) is 6.63. The van der Waals surface area contributed by atoms with Gasteiger partial charge in [0.1, 0.15) is 6.04 Å². The van der Waals surface area contributed by atoms with Crippen LogP contribution in [0.3, 0.4) is 0 Å². The second kappa shape index (κ2) is 6.36. The van der Waals surface area contributed by atoms with Gasteiger partial charge in [0.2, 0.25) is 0 Å². The number of hydrogen-bond donors (Lipinski definition) is 2. The fraction of sp³-hybridized carbons (Fsp3) is 0.923. The van der Waals surface area contributed by atoms with Gasteiger partial charge in [0.05, 0.1) is 0 Å². The summed E-state index contributed by atoms with van der Waals surface area (Å²) >= 11 is 0. The molecule has 0 spiro atoms. The van der Waals surface area contributed by atoms with Gasteiger partial charge in [0.15, 0.2) is 0 Å². The fourth-order valence-electron chi connectivity index (χ4n) is 2.57. The molecule has 3 unspecified atom stereocenters. The Morgan fingerprint density at radius 3 is 2.59 bits per heavy atom. The van der Waals surface area contributed by atoms with Crippen LogP contribution < -0.4 is 5.32 Å². The molecule has 17 heavy (non-hydrogen) atoms. The van der Waals surface area contributed by atoms with E-state index in [1.165, 1.54) is 12.8 Å². The molecule has 100 valence electrons. The zero-order chi connectivity index (χ0) is 13.0. The molecule has 0 aliphatic carbocycles. The van der Waals surface area contributed by atoms with E-state index in [0.29, 0.717) is 12.6 Å².